The molecule has 0 bridgehead atoms. The van der Waals surface area contributed by atoms with Crippen LogP contribution in [0.15, 0.2) is 78.9 Å². The zero-order chi connectivity index (χ0) is 26.5. The average molecular weight is 532 g/mol. The number of halogens is 1. The number of amides is 1. The topological polar surface area (TPSA) is 65.8 Å². The van der Waals surface area contributed by atoms with Crippen LogP contribution in [0.25, 0.3) is 11.3 Å². The average Bonchev–Trinajstić information content (AvgIpc) is 3.57. The largest absolute Gasteiger partial charge is 0.497 e. The summed E-state index contributed by atoms with van der Waals surface area (Å²) >= 11 is 6.45. The van der Waals surface area contributed by atoms with Gasteiger partial charge in [-0.05, 0) is 49.2 Å². The van der Waals surface area contributed by atoms with E-state index in [9.17, 15) is 4.79 Å². The summed E-state index contributed by atoms with van der Waals surface area (Å²) in [5.74, 6) is 1.76. The van der Waals surface area contributed by atoms with E-state index in [1.165, 1.54) is 0 Å². The molecule has 8 heteroatoms. The molecule has 2 heterocycles. The maximum absolute atomic E-state index is 13.9. The molecule has 196 valence electrons. The SMILES string of the molecule is COc1ccc(Oc2c(CN(C[C@@H]3CCCO3)C(=O)c3ccccc3Cl)c(-c3ccccc3)nn2C)cc1. The highest BCUT2D eigenvalue weighted by molar-refractivity contribution is 6.33. The van der Waals surface area contributed by atoms with E-state index in [0.717, 1.165) is 35.4 Å². The molecule has 0 radical (unpaired) electrons. The van der Waals surface area contributed by atoms with Gasteiger partial charge >= 0.3 is 0 Å². The van der Waals surface area contributed by atoms with Gasteiger partial charge in [-0.15, -0.1) is 0 Å². The molecule has 1 aromatic heterocycles. The maximum atomic E-state index is 13.9. The first-order valence-electron chi connectivity index (χ1n) is 12.6. The third kappa shape index (κ3) is 5.69. The highest BCUT2D eigenvalue weighted by Gasteiger charge is 2.29. The summed E-state index contributed by atoms with van der Waals surface area (Å²) in [4.78, 5) is 15.6. The van der Waals surface area contributed by atoms with Crippen LogP contribution in [0.3, 0.4) is 0 Å². The van der Waals surface area contributed by atoms with Crippen molar-refractivity contribution in [1.29, 1.82) is 0 Å². The van der Waals surface area contributed by atoms with Crippen molar-refractivity contribution in [3.05, 3.63) is 95.0 Å². The van der Waals surface area contributed by atoms with Gasteiger partial charge in [0.1, 0.15) is 17.2 Å². The minimum Gasteiger partial charge on any atom is -0.497 e. The zero-order valence-electron chi connectivity index (χ0n) is 21.5. The van der Waals surface area contributed by atoms with Crippen molar-refractivity contribution in [2.75, 3.05) is 20.3 Å². The fraction of sp³-hybridized carbons (Fsp3) is 0.267. The molecule has 4 aromatic rings. The van der Waals surface area contributed by atoms with Gasteiger partial charge in [-0.25, -0.2) is 4.68 Å². The second-order valence-corrected chi connectivity index (χ2v) is 9.61. The second kappa shape index (κ2) is 11.7. The summed E-state index contributed by atoms with van der Waals surface area (Å²) in [5, 5.41) is 5.23. The van der Waals surface area contributed by atoms with Crippen molar-refractivity contribution in [3.63, 3.8) is 0 Å². The quantitative estimate of drug-likeness (QED) is 0.251. The number of hydrogen-bond donors (Lipinski definition) is 0. The van der Waals surface area contributed by atoms with Crippen LogP contribution in [0.2, 0.25) is 5.02 Å². The molecule has 1 amide bonds. The van der Waals surface area contributed by atoms with Crippen molar-refractivity contribution in [3.8, 4) is 28.6 Å². The Labute approximate surface area is 227 Å². The van der Waals surface area contributed by atoms with Crippen LogP contribution in [-0.2, 0) is 18.3 Å². The van der Waals surface area contributed by atoms with E-state index in [0.29, 0.717) is 35.4 Å². The fourth-order valence-corrected chi connectivity index (χ4v) is 4.87. The third-order valence-corrected chi connectivity index (χ3v) is 6.93. The number of carbonyl (C=O) groups is 1. The normalized spacial score (nSPS) is 14.9. The van der Waals surface area contributed by atoms with E-state index in [1.807, 2.05) is 73.8 Å². The van der Waals surface area contributed by atoms with Crippen LogP contribution < -0.4 is 9.47 Å². The Hall–Kier alpha value is -3.81. The first kappa shape index (κ1) is 25.8. The van der Waals surface area contributed by atoms with Crippen molar-refractivity contribution in [2.24, 2.45) is 7.05 Å². The predicted octanol–water partition coefficient (Wildman–Crippen LogP) is 6.36. The summed E-state index contributed by atoms with van der Waals surface area (Å²) in [6.07, 6.45) is 1.84. The molecule has 0 unspecified atom stereocenters. The minimum atomic E-state index is -0.163. The summed E-state index contributed by atoms with van der Waals surface area (Å²) in [6, 6.07) is 24.4. The lowest BCUT2D eigenvalue weighted by Crippen LogP contribution is -2.37. The summed E-state index contributed by atoms with van der Waals surface area (Å²) in [5.41, 5.74) is 2.94. The van der Waals surface area contributed by atoms with Gasteiger partial charge in [0.05, 0.1) is 35.9 Å². The molecule has 1 aliphatic heterocycles. The number of hydrogen-bond acceptors (Lipinski definition) is 5. The Morgan fingerprint density at radius 1 is 1.05 bits per heavy atom. The van der Waals surface area contributed by atoms with Gasteiger partial charge in [-0.2, -0.15) is 5.10 Å². The van der Waals surface area contributed by atoms with Crippen LogP contribution >= 0.6 is 11.6 Å². The highest BCUT2D eigenvalue weighted by atomic mass is 35.5. The standard InChI is InChI=1S/C30H30ClN3O4/c1-33-30(38-23-16-14-22(36-2)15-17-23)26(28(32-33)21-9-4-3-5-10-21)20-34(19-24-11-8-18-37-24)29(35)25-12-6-7-13-27(25)31/h3-7,9-10,12-17,24H,8,11,18-20H2,1-2H3/t24-/m0/s1. The number of nitrogens with zero attached hydrogens (tertiary/aromatic N) is 3. The Bertz CT molecular complexity index is 1380. The Balaban J connectivity index is 1.56. The van der Waals surface area contributed by atoms with Gasteiger partial charge in [0.2, 0.25) is 5.88 Å². The lowest BCUT2D eigenvalue weighted by molar-refractivity contribution is 0.0506. The summed E-state index contributed by atoms with van der Waals surface area (Å²) in [7, 11) is 3.47. The van der Waals surface area contributed by atoms with Crippen molar-refractivity contribution >= 4 is 17.5 Å². The van der Waals surface area contributed by atoms with E-state index in [2.05, 4.69) is 0 Å². The zero-order valence-corrected chi connectivity index (χ0v) is 22.2. The monoisotopic (exact) mass is 531 g/mol. The van der Waals surface area contributed by atoms with E-state index in [4.69, 9.17) is 30.9 Å². The number of rotatable bonds is 9. The molecule has 1 fully saturated rings. The van der Waals surface area contributed by atoms with Crippen molar-refractivity contribution in [2.45, 2.75) is 25.5 Å². The molecule has 5 rings (SSSR count). The lowest BCUT2D eigenvalue weighted by atomic mass is 10.1. The highest BCUT2D eigenvalue weighted by Crippen LogP contribution is 2.35. The fourth-order valence-electron chi connectivity index (χ4n) is 4.66. The Morgan fingerprint density at radius 3 is 2.45 bits per heavy atom. The van der Waals surface area contributed by atoms with Gasteiger partial charge in [-0.3, -0.25) is 4.79 Å². The Kier molecular flexibility index (Phi) is 7.96. The van der Waals surface area contributed by atoms with Crippen LogP contribution in [-0.4, -0.2) is 47.0 Å². The van der Waals surface area contributed by atoms with Gasteiger partial charge in [0.25, 0.3) is 5.91 Å². The lowest BCUT2D eigenvalue weighted by Gasteiger charge is -2.26. The first-order valence-corrected chi connectivity index (χ1v) is 13.0. The molecule has 1 aliphatic rings. The number of aromatic nitrogens is 2. The summed E-state index contributed by atoms with van der Waals surface area (Å²) in [6.45, 7) is 1.41. The molecular weight excluding hydrogens is 502 g/mol. The molecule has 0 N–H and O–H groups in total. The van der Waals surface area contributed by atoms with E-state index in [-0.39, 0.29) is 18.6 Å². The van der Waals surface area contributed by atoms with E-state index >= 15 is 0 Å². The molecule has 0 spiro atoms. The van der Waals surface area contributed by atoms with Crippen LogP contribution in [0.1, 0.15) is 28.8 Å². The second-order valence-electron chi connectivity index (χ2n) is 9.20. The molecule has 0 aliphatic carbocycles. The molecule has 7 nitrogen and oxygen atoms in total. The molecule has 1 saturated heterocycles. The number of methoxy groups -OCH3 is 1. The van der Waals surface area contributed by atoms with Gasteiger partial charge in [-0.1, -0.05) is 54.1 Å². The van der Waals surface area contributed by atoms with E-state index < -0.39 is 0 Å². The molecule has 1 atom stereocenters. The van der Waals surface area contributed by atoms with Gasteiger partial charge in [0, 0.05) is 25.8 Å². The third-order valence-electron chi connectivity index (χ3n) is 6.60. The molecular formula is C30H30ClN3O4. The smallest absolute Gasteiger partial charge is 0.255 e. The first-order chi connectivity index (χ1) is 18.5. The molecule has 0 saturated carbocycles. The number of ether oxygens (including phenoxy) is 3. The van der Waals surface area contributed by atoms with E-state index in [1.54, 1.807) is 28.8 Å². The maximum Gasteiger partial charge on any atom is 0.255 e. The number of benzene rings is 3. The van der Waals surface area contributed by atoms with Gasteiger partial charge < -0.3 is 19.1 Å². The van der Waals surface area contributed by atoms with Crippen LogP contribution in [0.5, 0.6) is 17.4 Å². The van der Waals surface area contributed by atoms with Crippen LogP contribution in [0, 0.1) is 0 Å². The summed E-state index contributed by atoms with van der Waals surface area (Å²) < 4.78 is 19.3. The molecule has 38 heavy (non-hydrogen) atoms. The van der Waals surface area contributed by atoms with Crippen LogP contribution in [0.4, 0.5) is 0 Å². The number of carbonyl (C=O) groups excluding carboxylic acids is 1. The van der Waals surface area contributed by atoms with Crippen molar-refractivity contribution < 1.29 is 19.0 Å². The molecule has 3 aromatic carbocycles. The minimum absolute atomic E-state index is 0.0377. The Morgan fingerprint density at radius 2 is 1.76 bits per heavy atom. The predicted molar refractivity (Wildman–Crippen MR) is 147 cm³/mol. The number of aryl methyl sites for hydroxylation is 1. The van der Waals surface area contributed by atoms with Gasteiger partial charge in [0.15, 0.2) is 0 Å². The van der Waals surface area contributed by atoms with Crippen molar-refractivity contribution in [1.82, 2.24) is 14.7 Å².